The lowest BCUT2D eigenvalue weighted by molar-refractivity contribution is -0.145. The van der Waals surface area contributed by atoms with Crippen LogP contribution in [0.2, 0.25) is 0 Å². The SMILES string of the molecule is COc1ccc(-c2nn([C@@H]3C[C@H]4C(=O)N[C@@]5(C(=O)O)C[C@H]5/C=C\CCCCC[C@@H](NC(=O)c5cccc(O)c5C)C(=O)N4C3)nc2-c2nccs2)cc1. The number of ether oxygens (including phenoxy) is 1. The van der Waals surface area contributed by atoms with Gasteiger partial charge in [-0.3, -0.25) is 14.4 Å². The molecule has 5 atom stereocenters. The van der Waals surface area contributed by atoms with Crippen LogP contribution in [0.5, 0.6) is 11.5 Å². The maximum absolute atomic E-state index is 14.6. The number of carbonyl (C=O) groups excluding carboxylic acids is 3. The Labute approximate surface area is 309 Å². The summed E-state index contributed by atoms with van der Waals surface area (Å²) in [5.41, 5.74) is 1.01. The molecule has 2 aromatic heterocycles. The van der Waals surface area contributed by atoms with E-state index >= 15 is 0 Å². The van der Waals surface area contributed by atoms with Crippen LogP contribution in [0, 0.1) is 12.8 Å². The largest absolute Gasteiger partial charge is 0.508 e. The number of hydrogen-bond acceptors (Lipinski definition) is 10. The highest BCUT2D eigenvalue weighted by Crippen LogP contribution is 2.46. The molecule has 53 heavy (non-hydrogen) atoms. The number of aromatic nitrogens is 4. The first-order chi connectivity index (χ1) is 25.6. The van der Waals surface area contributed by atoms with E-state index in [1.54, 1.807) is 32.4 Å². The number of allylic oxidation sites excluding steroid dienone is 1. The molecule has 0 bridgehead atoms. The minimum Gasteiger partial charge on any atom is -0.508 e. The second-order valence-corrected chi connectivity index (χ2v) is 14.7. The summed E-state index contributed by atoms with van der Waals surface area (Å²) in [6.45, 7) is 1.66. The fourth-order valence-corrected chi connectivity index (χ4v) is 7.89. The number of phenolic OH excluding ortho intramolecular Hbond substituents is 1. The Bertz CT molecular complexity index is 2050. The van der Waals surface area contributed by atoms with Gasteiger partial charge in [0.1, 0.15) is 45.5 Å². The summed E-state index contributed by atoms with van der Waals surface area (Å²) in [6.07, 6.45) is 9.11. The fourth-order valence-electron chi connectivity index (χ4n) is 7.26. The number of fused-ring (bicyclic) bond motifs is 2. The molecule has 14 nitrogen and oxygen atoms in total. The number of carbonyl (C=O) groups is 4. The number of nitrogens with zero attached hydrogens (tertiary/aromatic N) is 5. The number of benzene rings is 2. The number of carboxylic acid groups (broad SMARTS) is 1. The van der Waals surface area contributed by atoms with Gasteiger partial charge in [0, 0.05) is 47.2 Å². The van der Waals surface area contributed by atoms with Crippen molar-refractivity contribution in [1.29, 1.82) is 0 Å². The minimum absolute atomic E-state index is 0.0336. The molecule has 15 heteroatoms. The van der Waals surface area contributed by atoms with Crippen molar-refractivity contribution in [3.05, 3.63) is 77.3 Å². The standard InChI is InChI=1S/C38H41N7O7S/c1-22-27(10-8-12-30(22)46)33(47)40-28-11-7-5-3-4-6-9-24-20-38(24,37(50)51)41-34(48)29-19-25(21-44(29)36(28)49)45-42-31(23-13-15-26(52-2)16-14-23)32(43-45)35-39-17-18-53-35/h6,8-10,12-18,24-25,28-29,46H,3-5,7,11,19-21H2,1-2H3,(H,40,47)(H,41,48)(H,50,51)/b9-6-/t24-,25-,28-,29+,38+/m1/s1. The quantitative estimate of drug-likeness (QED) is 0.196. The van der Waals surface area contributed by atoms with Crippen LogP contribution in [0.25, 0.3) is 22.0 Å². The molecule has 2 aromatic carbocycles. The predicted molar refractivity (Wildman–Crippen MR) is 195 cm³/mol. The Kier molecular flexibility index (Phi) is 10.0. The fraction of sp³-hybridized carbons (Fsp3) is 0.395. The number of amides is 3. The van der Waals surface area contributed by atoms with Crippen molar-refractivity contribution in [2.45, 2.75) is 75.5 Å². The average Bonchev–Trinajstić information content (AvgIpc) is 3.61. The second-order valence-electron chi connectivity index (χ2n) is 13.8. The third-order valence-electron chi connectivity index (χ3n) is 10.4. The number of carboxylic acids is 1. The number of aliphatic carboxylic acids is 1. The molecule has 1 aliphatic carbocycles. The first-order valence-electron chi connectivity index (χ1n) is 17.7. The first kappa shape index (κ1) is 35.8. The summed E-state index contributed by atoms with van der Waals surface area (Å²) >= 11 is 1.40. The van der Waals surface area contributed by atoms with Gasteiger partial charge in [0.25, 0.3) is 5.91 Å². The van der Waals surface area contributed by atoms with E-state index in [2.05, 4.69) is 15.6 Å². The summed E-state index contributed by atoms with van der Waals surface area (Å²) < 4.78 is 5.34. The van der Waals surface area contributed by atoms with Crippen LogP contribution in [0.3, 0.4) is 0 Å². The highest BCUT2D eigenvalue weighted by molar-refractivity contribution is 7.13. The zero-order valence-electron chi connectivity index (χ0n) is 29.4. The number of hydrogen-bond donors (Lipinski definition) is 4. The molecule has 1 saturated carbocycles. The summed E-state index contributed by atoms with van der Waals surface area (Å²) in [5, 5.41) is 38.5. The molecule has 0 unspecified atom stereocenters. The molecule has 0 radical (unpaired) electrons. The number of nitrogens with one attached hydrogen (secondary N) is 2. The molecular formula is C38H41N7O7S. The molecule has 4 N–H and O–H groups in total. The lowest BCUT2D eigenvalue weighted by Gasteiger charge is -2.29. The second kappa shape index (κ2) is 14.8. The summed E-state index contributed by atoms with van der Waals surface area (Å²) in [5.74, 6) is -2.44. The van der Waals surface area contributed by atoms with Gasteiger partial charge in [-0.15, -0.1) is 16.4 Å². The molecule has 7 rings (SSSR count). The van der Waals surface area contributed by atoms with Gasteiger partial charge in [0.15, 0.2) is 0 Å². The van der Waals surface area contributed by atoms with Crippen molar-refractivity contribution in [3.8, 4) is 33.5 Å². The monoisotopic (exact) mass is 739 g/mol. The minimum atomic E-state index is -1.47. The highest BCUT2D eigenvalue weighted by atomic mass is 32.1. The van der Waals surface area contributed by atoms with Crippen LogP contribution in [-0.2, 0) is 14.4 Å². The molecule has 2 fully saturated rings. The van der Waals surface area contributed by atoms with Gasteiger partial charge in [-0.05, 0) is 69.0 Å². The van der Waals surface area contributed by atoms with Gasteiger partial charge < -0.3 is 30.5 Å². The van der Waals surface area contributed by atoms with Crippen molar-refractivity contribution in [2.75, 3.05) is 13.7 Å². The molecule has 4 heterocycles. The van der Waals surface area contributed by atoms with Crippen LogP contribution in [0.15, 0.2) is 66.2 Å². The van der Waals surface area contributed by atoms with Gasteiger partial charge in [-0.25, -0.2) is 9.78 Å². The zero-order chi connectivity index (χ0) is 37.3. The molecule has 276 valence electrons. The topological polar surface area (TPSA) is 189 Å². The number of aromatic hydroxyl groups is 1. The van der Waals surface area contributed by atoms with Gasteiger partial charge in [-0.1, -0.05) is 31.1 Å². The number of phenols is 1. The van der Waals surface area contributed by atoms with Crippen LogP contribution in [0.4, 0.5) is 0 Å². The Morgan fingerprint density at radius 1 is 1.08 bits per heavy atom. The van der Waals surface area contributed by atoms with Crippen molar-refractivity contribution in [1.82, 2.24) is 35.5 Å². The summed E-state index contributed by atoms with van der Waals surface area (Å²) in [7, 11) is 1.59. The van der Waals surface area contributed by atoms with Crippen molar-refractivity contribution in [2.24, 2.45) is 5.92 Å². The van der Waals surface area contributed by atoms with Crippen molar-refractivity contribution in [3.63, 3.8) is 0 Å². The van der Waals surface area contributed by atoms with Crippen LogP contribution in [-0.4, -0.2) is 90.1 Å². The average molecular weight is 740 g/mol. The van der Waals surface area contributed by atoms with Crippen LogP contribution >= 0.6 is 11.3 Å². The van der Waals surface area contributed by atoms with E-state index in [0.717, 1.165) is 24.8 Å². The van der Waals surface area contributed by atoms with Crippen LogP contribution in [0.1, 0.15) is 66.9 Å². The third-order valence-corrected chi connectivity index (χ3v) is 11.2. The maximum Gasteiger partial charge on any atom is 0.330 e. The molecule has 2 aliphatic heterocycles. The summed E-state index contributed by atoms with van der Waals surface area (Å²) in [4.78, 5) is 62.4. The van der Waals surface area contributed by atoms with E-state index in [0.29, 0.717) is 40.6 Å². The number of methoxy groups -OCH3 is 1. The Balaban J connectivity index is 1.25. The van der Waals surface area contributed by atoms with Crippen molar-refractivity contribution >= 4 is 35.0 Å². The van der Waals surface area contributed by atoms with Crippen LogP contribution < -0.4 is 15.4 Å². The Morgan fingerprint density at radius 2 is 1.87 bits per heavy atom. The van der Waals surface area contributed by atoms with Gasteiger partial charge in [-0.2, -0.15) is 9.90 Å². The molecule has 3 amide bonds. The normalized spacial score (nSPS) is 25.3. The lowest BCUT2D eigenvalue weighted by Crippen LogP contribution is -2.56. The zero-order valence-corrected chi connectivity index (χ0v) is 30.2. The van der Waals surface area contributed by atoms with Crippen molar-refractivity contribution < 1.29 is 34.1 Å². The van der Waals surface area contributed by atoms with Gasteiger partial charge in [0.2, 0.25) is 11.8 Å². The van der Waals surface area contributed by atoms with Gasteiger partial charge in [0.05, 0.1) is 13.2 Å². The Morgan fingerprint density at radius 3 is 2.60 bits per heavy atom. The number of rotatable bonds is 7. The van der Waals surface area contributed by atoms with Gasteiger partial charge >= 0.3 is 5.97 Å². The summed E-state index contributed by atoms with van der Waals surface area (Å²) in [6, 6.07) is 9.38. The predicted octanol–water partition coefficient (Wildman–Crippen LogP) is 4.51. The molecule has 3 aliphatic rings. The smallest absolute Gasteiger partial charge is 0.330 e. The number of thiazole rings is 1. The van der Waals surface area contributed by atoms with E-state index < -0.39 is 47.4 Å². The molecule has 1 saturated heterocycles. The van der Waals surface area contributed by atoms with E-state index in [9.17, 15) is 29.4 Å². The third kappa shape index (κ3) is 7.12. The molecule has 0 spiro atoms. The Hall–Kier alpha value is -5.57. The highest BCUT2D eigenvalue weighted by Gasteiger charge is 2.61. The van der Waals surface area contributed by atoms with E-state index in [1.807, 2.05) is 41.8 Å². The van der Waals surface area contributed by atoms with E-state index in [-0.39, 0.29) is 36.6 Å². The molecular weight excluding hydrogens is 699 g/mol. The molecule has 4 aromatic rings. The lowest BCUT2D eigenvalue weighted by atomic mass is 10.0. The van der Waals surface area contributed by atoms with E-state index in [4.69, 9.17) is 14.9 Å². The maximum atomic E-state index is 14.6. The van der Waals surface area contributed by atoms with E-state index in [1.165, 1.54) is 27.1 Å². The first-order valence-corrected chi connectivity index (χ1v) is 18.6.